The van der Waals surface area contributed by atoms with E-state index in [1.165, 1.54) is 6.42 Å². The average molecular weight is 433 g/mol. The molecule has 2 aliphatic heterocycles. The minimum atomic E-state index is -0.243. The van der Waals surface area contributed by atoms with Crippen molar-refractivity contribution >= 4 is 11.4 Å². The van der Waals surface area contributed by atoms with Crippen LogP contribution in [0.25, 0.3) is 22.3 Å². The molecule has 32 heavy (non-hydrogen) atoms. The first-order chi connectivity index (χ1) is 15.7. The minimum Gasteiger partial charge on any atom is -0.464 e. The van der Waals surface area contributed by atoms with Gasteiger partial charge in [-0.1, -0.05) is 0 Å². The normalized spacial score (nSPS) is 20.4. The summed E-state index contributed by atoms with van der Waals surface area (Å²) in [5, 5.41) is 6.67. The summed E-state index contributed by atoms with van der Waals surface area (Å²) in [6.07, 6.45) is 7.37. The van der Waals surface area contributed by atoms with Crippen LogP contribution in [-0.4, -0.2) is 53.8 Å². The summed E-state index contributed by atoms with van der Waals surface area (Å²) >= 11 is 0. The largest absolute Gasteiger partial charge is 0.464 e. The van der Waals surface area contributed by atoms with Crippen LogP contribution in [0.5, 0.6) is 6.01 Å². The summed E-state index contributed by atoms with van der Waals surface area (Å²) in [6, 6.07) is 4.42. The standard InChI is InChI=1S/C24H25FN6O/c1-3-32-24-29-8-13(9-30-24)19-12-28-21-7-17-18(4-14(25)5-20(17)26-2)22(21)23(19)31-15-6-16(31)11-27-10-15/h4-5,8-9,12,15-16,26-27H,3,6-7,10-11H2,1-2H3. The van der Waals surface area contributed by atoms with Crippen molar-refractivity contribution in [1.82, 2.24) is 20.3 Å². The Morgan fingerprint density at radius 2 is 1.91 bits per heavy atom. The second-order valence-electron chi connectivity index (χ2n) is 8.54. The second kappa shape index (κ2) is 7.41. The molecule has 0 radical (unpaired) electrons. The van der Waals surface area contributed by atoms with E-state index in [-0.39, 0.29) is 5.82 Å². The summed E-state index contributed by atoms with van der Waals surface area (Å²) in [5.41, 5.74) is 7.86. The van der Waals surface area contributed by atoms with Gasteiger partial charge in [0.05, 0.1) is 18.0 Å². The Balaban J connectivity index is 1.56. The quantitative estimate of drug-likeness (QED) is 0.501. The molecule has 2 bridgehead atoms. The third-order valence-electron chi connectivity index (χ3n) is 6.79. The number of nitrogens with one attached hydrogen (secondary N) is 2. The number of anilines is 2. The zero-order chi connectivity index (χ0) is 21.8. The first kappa shape index (κ1) is 19.4. The lowest BCUT2D eigenvalue weighted by molar-refractivity contribution is 0.263. The van der Waals surface area contributed by atoms with Crippen LogP contribution >= 0.6 is 0 Å². The topological polar surface area (TPSA) is 75.2 Å². The molecule has 0 amide bonds. The molecule has 2 unspecified atom stereocenters. The van der Waals surface area contributed by atoms with Crippen molar-refractivity contribution < 1.29 is 9.13 Å². The number of piperazine rings is 1. The van der Waals surface area contributed by atoms with Crippen molar-refractivity contribution in [1.29, 1.82) is 0 Å². The number of ether oxygens (including phenoxy) is 1. The molecule has 0 saturated carbocycles. The van der Waals surface area contributed by atoms with Crippen LogP contribution in [0.3, 0.4) is 0 Å². The molecule has 1 aliphatic carbocycles. The number of hydrogen-bond acceptors (Lipinski definition) is 7. The minimum absolute atomic E-state index is 0.243. The molecule has 3 aromatic rings. The number of halogens is 1. The van der Waals surface area contributed by atoms with Crippen LogP contribution in [0.1, 0.15) is 24.6 Å². The van der Waals surface area contributed by atoms with E-state index >= 15 is 0 Å². The van der Waals surface area contributed by atoms with Crippen molar-refractivity contribution in [2.75, 3.05) is 37.0 Å². The van der Waals surface area contributed by atoms with Gasteiger partial charge in [0.1, 0.15) is 5.82 Å². The van der Waals surface area contributed by atoms with Gasteiger partial charge in [0.25, 0.3) is 0 Å². The van der Waals surface area contributed by atoms with E-state index in [0.717, 1.165) is 58.0 Å². The summed E-state index contributed by atoms with van der Waals surface area (Å²) < 4.78 is 20.0. The lowest BCUT2D eigenvalue weighted by Crippen LogP contribution is -2.68. The number of hydrogen-bond donors (Lipinski definition) is 2. The van der Waals surface area contributed by atoms with Gasteiger partial charge in [0, 0.05) is 79.6 Å². The maximum Gasteiger partial charge on any atom is 0.316 e. The SMILES string of the molecule is CCOc1ncc(-c2cnc3c(c2N2C4CNCC2C4)-c2cc(F)cc(NC)c2C3)cn1. The first-order valence-corrected chi connectivity index (χ1v) is 11.1. The van der Waals surface area contributed by atoms with Crippen molar-refractivity contribution in [2.45, 2.75) is 31.8 Å². The van der Waals surface area contributed by atoms with Crippen LogP contribution in [0.2, 0.25) is 0 Å². The Kier molecular flexibility index (Phi) is 4.50. The molecule has 3 aliphatic rings. The number of piperidine rings is 1. The molecule has 164 valence electrons. The molecule has 4 heterocycles. The molecule has 2 fully saturated rings. The maximum absolute atomic E-state index is 14.6. The van der Waals surface area contributed by atoms with Crippen molar-refractivity contribution in [3.63, 3.8) is 0 Å². The number of pyridine rings is 1. The highest BCUT2D eigenvalue weighted by Gasteiger charge is 2.44. The van der Waals surface area contributed by atoms with E-state index in [1.54, 1.807) is 24.5 Å². The number of aromatic nitrogens is 3. The number of rotatable bonds is 5. The predicted octanol–water partition coefficient (Wildman–Crippen LogP) is 3.24. The summed E-state index contributed by atoms with van der Waals surface area (Å²) in [5.74, 6) is -0.243. The molecule has 2 aromatic heterocycles. The Hall–Kier alpha value is -3.26. The monoisotopic (exact) mass is 432 g/mol. The van der Waals surface area contributed by atoms with E-state index in [4.69, 9.17) is 9.72 Å². The Morgan fingerprint density at radius 3 is 2.59 bits per heavy atom. The first-order valence-electron chi connectivity index (χ1n) is 11.1. The van der Waals surface area contributed by atoms with Gasteiger partial charge in [0.15, 0.2) is 0 Å². The van der Waals surface area contributed by atoms with Gasteiger partial charge in [-0.05, 0) is 36.6 Å². The van der Waals surface area contributed by atoms with E-state index in [2.05, 4.69) is 25.5 Å². The molecular weight excluding hydrogens is 407 g/mol. The van der Waals surface area contributed by atoms with Gasteiger partial charge >= 0.3 is 6.01 Å². The summed E-state index contributed by atoms with van der Waals surface area (Å²) in [4.78, 5) is 16.1. The Bertz CT molecular complexity index is 1180. The molecule has 1 aromatic carbocycles. The van der Waals surface area contributed by atoms with Gasteiger partial charge in [-0.15, -0.1) is 0 Å². The van der Waals surface area contributed by atoms with Gasteiger partial charge in [0.2, 0.25) is 0 Å². The molecular formula is C24H25FN6O. The van der Waals surface area contributed by atoms with Crippen LogP contribution in [0.15, 0.2) is 30.7 Å². The van der Waals surface area contributed by atoms with E-state index < -0.39 is 0 Å². The third kappa shape index (κ3) is 2.86. The van der Waals surface area contributed by atoms with Crippen LogP contribution in [0, 0.1) is 5.82 Å². The van der Waals surface area contributed by atoms with Gasteiger partial charge in [-0.3, -0.25) is 4.98 Å². The van der Waals surface area contributed by atoms with Gasteiger partial charge < -0.3 is 20.3 Å². The summed E-state index contributed by atoms with van der Waals surface area (Å²) in [7, 11) is 1.83. The highest BCUT2D eigenvalue weighted by Crippen LogP contribution is 2.51. The lowest BCUT2D eigenvalue weighted by Gasteiger charge is -2.55. The Labute approximate surface area is 186 Å². The fourth-order valence-corrected chi connectivity index (χ4v) is 5.38. The highest BCUT2D eigenvalue weighted by molar-refractivity contribution is 5.97. The molecule has 2 atom stereocenters. The fraction of sp³-hybridized carbons (Fsp3) is 0.375. The molecule has 0 spiro atoms. The van der Waals surface area contributed by atoms with Crippen LogP contribution in [0.4, 0.5) is 15.8 Å². The van der Waals surface area contributed by atoms with Crippen molar-refractivity contribution in [3.05, 3.63) is 47.8 Å². The lowest BCUT2D eigenvalue weighted by atomic mass is 9.85. The fourth-order valence-electron chi connectivity index (χ4n) is 5.38. The van der Waals surface area contributed by atoms with E-state index in [9.17, 15) is 4.39 Å². The number of fused-ring (bicyclic) bond motifs is 5. The molecule has 7 nitrogen and oxygen atoms in total. The third-order valence-corrected chi connectivity index (χ3v) is 6.79. The number of nitrogens with zero attached hydrogens (tertiary/aromatic N) is 4. The zero-order valence-corrected chi connectivity index (χ0v) is 18.2. The average Bonchev–Trinajstić information content (AvgIpc) is 3.19. The molecule has 6 rings (SSSR count). The number of benzene rings is 1. The molecule has 8 heteroatoms. The van der Waals surface area contributed by atoms with Crippen LogP contribution < -0.4 is 20.3 Å². The highest BCUT2D eigenvalue weighted by atomic mass is 19.1. The van der Waals surface area contributed by atoms with Crippen LogP contribution in [-0.2, 0) is 6.42 Å². The van der Waals surface area contributed by atoms with Gasteiger partial charge in [-0.2, -0.15) is 0 Å². The zero-order valence-electron chi connectivity index (χ0n) is 18.2. The molecule has 2 N–H and O–H groups in total. The van der Waals surface area contributed by atoms with Gasteiger partial charge in [-0.25, -0.2) is 14.4 Å². The summed E-state index contributed by atoms with van der Waals surface area (Å²) in [6.45, 7) is 4.33. The smallest absolute Gasteiger partial charge is 0.316 e. The predicted molar refractivity (Wildman–Crippen MR) is 122 cm³/mol. The maximum atomic E-state index is 14.6. The Morgan fingerprint density at radius 1 is 1.12 bits per heavy atom. The second-order valence-corrected chi connectivity index (χ2v) is 8.54. The molecule has 2 saturated heterocycles. The van der Waals surface area contributed by atoms with E-state index in [1.807, 2.05) is 20.2 Å². The van der Waals surface area contributed by atoms with E-state index in [0.29, 0.717) is 31.1 Å². The van der Waals surface area contributed by atoms with Crippen molar-refractivity contribution in [2.24, 2.45) is 0 Å². The van der Waals surface area contributed by atoms with Crippen molar-refractivity contribution in [3.8, 4) is 28.3 Å².